The minimum Gasteiger partial charge on any atom is -0.472 e. The molecule has 0 saturated heterocycles. The average Bonchev–Trinajstić information content (AvgIpc) is 2.77. The van der Waals surface area contributed by atoms with E-state index in [0.29, 0.717) is 10.7 Å². The first-order valence-electron chi connectivity index (χ1n) is 4.79. The van der Waals surface area contributed by atoms with Gasteiger partial charge in [-0.1, -0.05) is 4.85 Å². The van der Waals surface area contributed by atoms with Gasteiger partial charge in [0.15, 0.2) is 11.3 Å². The van der Waals surface area contributed by atoms with Gasteiger partial charge in [0.25, 0.3) is 0 Å². The van der Waals surface area contributed by atoms with Crippen LogP contribution in [0.5, 0.6) is 0 Å². The molecule has 0 fully saturated rings. The predicted molar refractivity (Wildman–Crippen MR) is 56.0 cm³/mol. The van der Waals surface area contributed by atoms with Crippen molar-refractivity contribution in [2.75, 3.05) is 5.32 Å². The quantitative estimate of drug-likeness (QED) is 0.682. The second kappa shape index (κ2) is 4.09. The van der Waals surface area contributed by atoms with Crippen molar-refractivity contribution >= 4 is 5.82 Å². The summed E-state index contributed by atoms with van der Waals surface area (Å²) < 4.78 is 4.97. The fourth-order valence-corrected chi connectivity index (χ4v) is 1.32. The molecule has 2 heterocycles. The molecule has 6 heteroatoms. The molecule has 0 bridgehead atoms. The minimum absolute atomic E-state index is 0.0165. The Labute approximate surface area is 91.6 Å². The molecule has 0 aliphatic heterocycles. The van der Waals surface area contributed by atoms with Crippen LogP contribution in [0, 0.1) is 5.41 Å². The van der Waals surface area contributed by atoms with Crippen LogP contribution in [-0.2, 0) is 0 Å². The number of aromatic nitrogens is 2. The third-order valence-electron chi connectivity index (χ3n) is 2.22. The van der Waals surface area contributed by atoms with Gasteiger partial charge in [0.2, 0.25) is 0 Å². The smallest absolute Gasteiger partial charge is 0.182 e. The van der Waals surface area contributed by atoms with Gasteiger partial charge in [-0.05, 0) is 25.1 Å². The van der Waals surface area contributed by atoms with Crippen molar-refractivity contribution in [3.05, 3.63) is 41.8 Å². The van der Waals surface area contributed by atoms with E-state index in [4.69, 9.17) is 9.83 Å². The molecular weight excluding hydrogens is 208 g/mol. The summed E-state index contributed by atoms with van der Waals surface area (Å²) in [4.78, 5) is 0.518. The van der Waals surface area contributed by atoms with Gasteiger partial charge in [-0.25, -0.2) is 0 Å². The van der Waals surface area contributed by atoms with E-state index in [1.807, 2.05) is 13.0 Å². The van der Waals surface area contributed by atoms with Crippen LogP contribution in [0.2, 0.25) is 0 Å². The second-order valence-corrected chi connectivity index (χ2v) is 3.42. The highest BCUT2D eigenvalue weighted by molar-refractivity contribution is 5.35. The molecule has 16 heavy (non-hydrogen) atoms. The molecule has 84 valence electrons. The van der Waals surface area contributed by atoms with Gasteiger partial charge in [-0.3, -0.25) is 5.41 Å². The van der Waals surface area contributed by atoms with E-state index in [-0.39, 0.29) is 11.5 Å². The van der Waals surface area contributed by atoms with Crippen molar-refractivity contribution in [1.82, 2.24) is 9.94 Å². The molecule has 2 aromatic heterocycles. The van der Waals surface area contributed by atoms with Gasteiger partial charge < -0.3 is 14.9 Å². The Balaban J connectivity index is 2.15. The number of hydrogen-bond acceptors (Lipinski definition) is 5. The Morgan fingerprint density at radius 3 is 2.94 bits per heavy atom. The molecule has 3 N–H and O–H groups in total. The zero-order valence-electron chi connectivity index (χ0n) is 8.71. The number of furan rings is 1. The molecule has 0 aliphatic rings. The van der Waals surface area contributed by atoms with Gasteiger partial charge in [0.1, 0.15) is 0 Å². The maximum atomic E-state index is 9.20. The molecule has 0 aromatic carbocycles. The Bertz CT molecular complexity index is 518. The molecule has 1 atom stereocenters. The molecule has 2 aromatic rings. The zero-order valence-corrected chi connectivity index (χ0v) is 8.71. The fraction of sp³-hybridized carbons (Fsp3) is 0.200. The van der Waals surface area contributed by atoms with E-state index >= 15 is 0 Å². The summed E-state index contributed by atoms with van der Waals surface area (Å²) in [6.07, 6.45) is 3.24. The van der Waals surface area contributed by atoms with Gasteiger partial charge in [0, 0.05) is 5.56 Å². The van der Waals surface area contributed by atoms with Crippen LogP contribution in [0.3, 0.4) is 0 Å². The van der Waals surface area contributed by atoms with Crippen molar-refractivity contribution in [3.8, 4) is 0 Å². The maximum Gasteiger partial charge on any atom is 0.182 e. The molecule has 0 radical (unpaired) electrons. The first-order chi connectivity index (χ1) is 7.66. The lowest BCUT2D eigenvalue weighted by Gasteiger charge is -2.12. The largest absolute Gasteiger partial charge is 0.472 e. The number of rotatable bonds is 3. The topological polar surface area (TPSA) is 87.1 Å². The van der Waals surface area contributed by atoms with Crippen molar-refractivity contribution in [1.29, 1.82) is 5.41 Å². The normalized spacial score (nSPS) is 12.3. The van der Waals surface area contributed by atoms with Crippen LogP contribution in [0.1, 0.15) is 18.5 Å². The molecule has 1 unspecified atom stereocenters. The van der Waals surface area contributed by atoms with E-state index in [1.165, 1.54) is 6.07 Å². The molecule has 0 amide bonds. The van der Waals surface area contributed by atoms with Gasteiger partial charge in [0.05, 0.1) is 18.6 Å². The molecular formula is C10H12N4O2. The number of nitrogens with one attached hydrogen (secondary N) is 2. The number of hydrogen-bond donors (Lipinski definition) is 3. The summed E-state index contributed by atoms with van der Waals surface area (Å²) in [5.74, 6) is 0.493. The SMILES string of the molecule is CC(Nc1ccc(=N)n(O)n1)c1ccoc1. The van der Waals surface area contributed by atoms with Crippen LogP contribution in [-0.4, -0.2) is 15.2 Å². The summed E-state index contributed by atoms with van der Waals surface area (Å²) >= 11 is 0. The van der Waals surface area contributed by atoms with Crippen LogP contribution in [0.4, 0.5) is 5.82 Å². The lowest BCUT2D eigenvalue weighted by Crippen LogP contribution is -2.21. The average molecular weight is 220 g/mol. The Morgan fingerprint density at radius 2 is 2.31 bits per heavy atom. The lowest BCUT2D eigenvalue weighted by atomic mass is 10.2. The monoisotopic (exact) mass is 220 g/mol. The Hall–Kier alpha value is -2.24. The first-order valence-corrected chi connectivity index (χ1v) is 4.79. The molecule has 2 rings (SSSR count). The van der Waals surface area contributed by atoms with E-state index in [0.717, 1.165) is 5.56 Å². The summed E-state index contributed by atoms with van der Waals surface area (Å²) in [6.45, 7) is 1.95. The van der Waals surface area contributed by atoms with Crippen LogP contribution in [0.15, 0.2) is 35.1 Å². The van der Waals surface area contributed by atoms with Crippen LogP contribution in [0.25, 0.3) is 0 Å². The lowest BCUT2D eigenvalue weighted by molar-refractivity contribution is 0.131. The van der Waals surface area contributed by atoms with Gasteiger partial charge >= 0.3 is 0 Å². The molecule has 6 nitrogen and oxygen atoms in total. The van der Waals surface area contributed by atoms with Gasteiger partial charge in [-0.2, -0.15) is 0 Å². The van der Waals surface area contributed by atoms with E-state index < -0.39 is 0 Å². The van der Waals surface area contributed by atoms with E-state index in [2.05, 4.69) is 10.4 Å². The summed E-state index contributed by atoms with van der Waals surface area (Å²) in [7, 11) is 0. The third-order valence-corrected chi connectivity index (χ3v) is 2.22. The van der Waals surface area contributed by atoms with Crippen molar-refractivity contribution in [3.63, 3.8) is 0 Å². The maximum absolute atomic E-state index is 9.20. The summed E-state index contributed by atoms with van der Waals surface area (Å²) in [5.41, 5.74) is 0.919. The third kappa shape index (κ3) is 2.05. The van der Waals surface area contributed by atoms with Crippen molar-refractivity contribution < 1.29 is 9.62 Å². The highest BCUT2D eigenvalue weighted by Crippen LogP contribution is 2.16. The number of nitrogens with zero attached hydrogens (tertiary/aromatic N) is 2. The second-order valence-electron chi connectivity index (χ2n) is 3.42. The van der Waals surface area contributed by atoms with Crippen molar-refractivity contribution in [2.45, 2.75) is 13.0 Å². The standard InChI is InChI=1S/C10H12N4O2/c1-7(8-4-5-16-6-8)12-10-3-2-9(11)14(15)13-10/h2-7,11,15H,1H3,(H,12,13). The van der Waals surface area contributed by atoms with Crippen LogP contribution < -0.4 is 10.8 Å². The Kier molecular flexibility index (Phi) is 2.63. The highest BCUT2D eigenvalue weighted by Gasteiger charge is 2.07. The van der Waals surface area contributed by atoms with Gasteiger partial charge in [-0.15, -0.1) is 5.10 Å². The fourth-order valence-electron chi connectivity index (χ4n) is 1.32. The Morgan fingerprint density at radius 1 is 1.50 bits per heavy atom. The summed E-state index contributed by atoms with van der Waals surface area (Å²) in [5, 5.41) is 23.3. The predicted octanol–water partition coefficient (Wildman–Crippen LogP) is 1.37. The first kappa shape index (κ1) is 10.3. The summed E-state index contributed by atoms with van der Waals surface area (Å²) in [6, 6.07) is 4.95. The van der Waals surface area contributed by atoms with Crippen molar-refractivity contribution in [2.24, 2.45) is 0 Å². The molecule has 0 aliphatic carbocycles. The van der Waals surface area contributed by atoms with E-state index in [1.54, 1.807) is 18.6 Å². The van der Waals surface area contributed by atoms with Crippen LogP contribution >= 0.6 is 0 Å². The number of anilines is 1. The zero-order chi connectivity index (χ0) is 11.5. The van der Waals surface area contributed by atoms with E-state index in [9.17, 15) is 5.21 Å². The highest BCUT2D eigenvalue weighted by atomic mass is 16.5. The minimum atomic E-state index is -0.0680. The molecule has 0 spiro atoms. The molecule has 0 saturated carbocycles.